The first-order valence-corrected chi connectivity index (χ1v) is 9.03. The lowest BCUT2D eigenvalue weighted by Gasteiger charge is -2.32. The van der Waals surface area contributed by atoms with Gasteiger partial charge in [-0.2, -0.15) is 0 Å². The smallest absolute Gasteiger partial charge is 0.213 e. The first-order chi connectivity index (χ1) is 9.87. The molecule has 0 aromatic carbocycles. The molecule has 1 N–H and O–H groups in total. The van der Waals surface area contributed by atoms with Crippen molar-refractivity contribution in [1.82, 2.24) is 14.6 Å². The molecule has 1 atom stereocenters. The van der Waals surface area contributed by atoms with Crippen LogP contribution >= 0.6 is 0 Å². The van der Waals surface area contributed by atoms with Crippen LogP contribution in [0.15, 0.2) is 10.6 Å². The Balaban J connectivity index is 1.83. The number of piperidine rings is 1. The first kappa shape index (κ1) is 16.5. The summed E-state index contributed by atoms with van der Waals surface area (Å²) in [4.78, 5) is 6.50. The lowest BCUT2D eigenvalue weighted by molar-refractivity contribution is 0.155. The molecule has 2 heterocycles. The summed E-state index contributed by atoms with van der Waals surface area (Å²) in [5, 5.41) is -0.382. The van der Waals surface area contributed by atoms with Gasteiger partial charge in [0, 0.05) is 13.1 Å². The zero-order chi connectivity index (χ0) is 15.5. The highest BCUT2D eigenvalue weighted by atomic mass is 32.2. The number of hydrogen-bond acceptors (Lipinski definition) is 5. The summed E-state index contributed by atoms with van der Waals surface area (Å²) in [7, 11) is -3.17. The Hall–Kier alpha value is -0.920. The molecule has 1 saturated heterocycles. The molecule has 1 aliphatic heterocycles. The van der Waals surface area contributed by atoms with Crippen molar-refractivity contribution < 1.29 is 12.8 Å². The Bertz CT molecular complexity index is 554. The predicted molar refractivity (Wildman–Crippen MR) is 81.3 cm³/mol. The predicted octanol–water partition coefficient (Wildman–Crippen LogP) is 1.52. The molecule has 1 aromatic rings. The lowest BCUT2D eigenvalue weighted by Crippen LogP contribution is -2.42. The van der Waals surface area contributed by atoms with Gasteiger partial charge in [-0.25, -0.2) is 18.1 Å². The molecule has 0 saturated carbocycles. The maximum absolute atomic E-state index is 11.8. The molecule has 0 unspecified atom stereocenters. The Morgan fingerprint density at radius 3 is 2.90 bits per heavy atom. The minimum atomic E-state index is -3.17. The third kappa shape index (κ3) is 4.79. The summed E-state index contributed by atoms with van der Waals surface area (Å²) in [6.07, 6.45) is 3.86. The van der Waals surface area contributed by atoms with Crippen LogP contribution in [0.5, 0.6) is 0 Å². The molecule has 0 spiro atoms. The van der Waals surface area contributed by atoms with Crippen molar-refractivity contribution in [3.63, 3.8) is 0 Å². The molecular weight excluding hydrogens is 290 g/mol. The molecular formula is C14H25N3O3S. The fraction of sp³-hybridized carbons (Fsp3) is 0.786. The Labute approximate surface area is 127 Å². The number of aryl methyl sites for hydroxylation is 1. The van der Waals surface area contributed by atoms with Crippen molar-refractivity contribution >= 4 is 10.0 Å². The van der Waals surface area contributed by atoms with E-state index in [-0.39, 0.29) is 5.25 Å². The molecule has 6 nitrogen and oxygen atoms in total. The Morgan fingerprint density at radius 2 is 2.29 bits per heavy atom. The second-order valence-corrected chi connectivity index (χ2v) is 8.37. The number of oxazole rings is 1. The molecule has 0 aliphatic carbocycles. The molecule has 1 aromatic heterocycles. The molecule has 2 rings (SSSR count). The van der Waals surface area contributed by atoms with Crippen LogP contribution in [-0.2, 0) is 16.6 Å². The SMILES string of the molecule is Cc1cnc(CN2CCC[C@H](CNS(=O)(=O)C(C)C)C2)o1. The zero-order valence-electron chi connectivity index (χ0n) is 13.0. The maximum Gasteiger partial charge on any atom is 0.213 e. The highest BCUT2D eigenvalue weighted by Crippen LogP contribution is 2.18. The van der Waals surface area contributed by atoms with Crippen molar-refractivity contribution in [1.29, 1.82) is 0 Å². The van der Waals surface area contributed by atoms with Gasteiger partial charge in [0.05, 0.1) is 18.0 Å². The van der Waals surface area contributed by atoms with E-state index in [1.54, 1.807) is 20.0 Å². The number of likely N-dealkylation sites (tertiary alicyclic amines) is 1. The topological polar surface area (TPSA) is 75.4 Å². The lowest BCUT2D eigenvalue weighted by atomic mass is 9.98. The van der Waals surface area contributed by atoms with Gasteiger partial charge in [-0.15, -0.1) is 0 Å². The van der Waals surface area contributed by atoms with Crippen LogP contribution in [-0.4, -0.2) is 43.2 Å². The maximum atomic E-state index is 11.8. The summed E-state index contributed by atoms with van der Waals surface area (Å²) in [5.74, 6) is 1.91. The number of nitrogens with zero attached hydrogens (tertiary/aromatic N) is 2. The summed E-state index contributed by atoms with van der Waals surface area (Å²) >= 11 is 0. The first-order valence-electron chi connectivity index (χ1n) is 7.49. The molecule has 0 radical (unpaired) electrons. The molecule has 21 heavy (non-hydrogen) atoms. The standard InChI is InChI=1S/C14H25N3O3S/c1-11(2)21(18,19)16-8-13-5-4-6-17(9-13)10-14-15-7-12(3)20-14/h7,11,13,16H,4-6,8-10H2,1-3H3/t13-/m1/s1. The van der Waals surface area contributed by atoms with Crippen LogP contribution in [0.2, 0.25) is 0 Å². The van der Waals surface area contributed by atoms with Crippen LogP contribution in [0, 0.1) is 12.8 Å². The second kappa shape index (κ2) is 6.89. The summed E-state index contributed by atoms with van der Waals surface area (Å²) < 4.78 is 31.8. The van der Waals surface area contributed by atoms with Crippen LogP contribution in [0.25, 0.3) is 0 Å². The van der Waals surface area contributed by atoms with E-state index in [1.807, 2.05) is 6.92 Å². The molecule has 0 amide bonds. The van der Waals surface area contributed by atoms with Crippen LogP contribution in [0.3, 0.4) is 0 Å². The average Bonchev–Trinajstić information content (AvgIpc) is 2.82. The van der Waals surface area contributed by atoms with Gasteiger partial charge in [0.25, 0.3) is 0 Å². The van der Waals surface area contributed by atoms with E-state index in [1.165, 1.54) is 0 Å². The van der Waals surface area contributed by atoms with Gasteiger partial charge < -0.3 is 4.42 Å². The molecule has 0 bridgehead atoms. The number of nitrogens with one attached hydrogen (secondary N) is 1. The summed E-state index contributed by atoms with van der Waals surface area (Å²) in [5.41, 5.74) is 0. The van der Waals surface area contributed by atoms with Gasteiger partial charge in [-0.1, -0.05) is 0 Å². The van der Waals surface area contributed by atoms with Gasteiger partial charge in [0.1, 0.15) is 5.76 Å². The van der Waals surface area contributed by atoms with Crippen molar-refractivity contribution in [2.24, 2.45) is 5.92 Å². The highest BCUT2D eigenvalue weighted by Gasteiger charge is 2.23. The van der Waals surface area contributed by atoms with Gasteiger partial charge in [0.2, 0.25) is 15.9 Å². The van der Waals surface area contributed by atoms with Gasteiger partial charge >= 0.3 is 0 Å². The van der Waals surface area contributed by atoms with Crippen molar-refractivity contribution in [3.05, 3.63) is 17.8 Å². The van der Waals surface area contributed by atoms with E-state index in [9.17, 15) is 8.42 Å². The van der Waals surface area contributed by atoms with E-state index in [2.05, 4.69) is 14.6 Å². The third-order valence-electron chi connectivity index (χ3n) is 3.82. The van der Waals surface area contributed by atoms with Crippen molar-refractivity contribution in [2.45, 2.75) is 45.4 Å². The summed E-state index contributed by atoms with van der Waals surface area (Å²) in [6, 6.07) is 0. The van der Waals surface area contributed by atoms with Crippen molar-refractivity contribution in [3.8, 4) is 0 Å². The number of aromatic nitrogens is 1. The molecule has 1 aliphatic rings. The number of rotatable bonds is 6. The highest BCUT2D eigenvalue weighted by molar-refractivity contribution is 7.90. The third-order valence-corrected chi connectivity index (χ3v) is 5.64. The fourth-order valence-corrected chi connectivity index (χ4v) is 3.33. The van der Waals surface area contributed by atoms with E-state index in [4.69, 9.17) is 4.42 Å². The largest absolute Gasteiger partial charge is 0.445 e. The number of hydrogen-bond donors (Lipinski definition) is 1. The van der Waals surface area contributed by atoms with Crippen LogP contribution in [0.4, 0.5) is 0 Å². The summed E-state index contributed by atoms with van der Waals surface area (Å²) in [6.45, 7) is 8.37. The van der Waals surface area contributed by atoms with Gasteiger partial charge in [-0.3, -0.25) is 4.90 Å². The molecule has 7 heteroatoms. The fourth-order valence-electron chi connectivity index (χ4n) is 2.53. The van der Waals surface area contributed by atoms with Gasteiger partial charge in [0.15, 0.2) is 0 Å². The van der Waals surface area contributed by atoms with E-state index in [0.717, 1.165) is 37.6 Å². The van der Waals surface area contributed by atoms with E-state index < -0.39 is 10.0 Å². The normalized spacial score (nSPS) is 21.0. The minimum absolute atomic E-state index is 0.350. The monoisotopic (exact) mass is 315 g/mol. The quantitative estimate of drug-likeness (QED) is 0.861. The minimum Gasteiger partial charge on any atom is -0.445 e. The average molecular weight is 315 g/mol. The number of sulfonamides is 1. The van der Waals surface area contributed by atoms with Gasteiger partial charge in [-0.05, 0) is 46.1 Å². The van der Waals surface area contributed by atoms with E-state index in [0.29, 0.717) is 19.0 Å². The van der Waals surface area contributed by atoms with Crippen LogP contribution in [0.1, 0.15) is 38.3 Å². The Morgan fingerprint density at radius 1 is 1.52 bits per heavy atom. The van der Waals surface area contributed by atoms with E-state index >= 15 is 0 Å². The second-order valence-electron chi connectivity index (χ2n) is 6.05. The molecule has 120 valence electrons. The van der Waals surface area contributed by atoms with Crippen molar-refractivity contribution in [2.75, 3.05) is 19.6 Å². The Kier molecular flexibility index (Phi) is 5.40. The zero-order valence-corrected chi connectivity index (χ0v) is 13.8. The molecule has 1 fully saturated rings. The van der Waals surface area contributed by atoms with Crippen LogP contribution < -0.4 is 4.72 Å².